The van der Waals surface area contributed by atoms with E-state index in [0.717, 1.165) is 0 Å². The van der Waals surface area contributed by atoms with Gasteiger partial charge in [0, 0.05) is 27.0 Å². The number of hydrogen-bond acceptors (Lipinski definition) is 2. The summed E-state index contributed by atoms with van der Waals surface area (Å²) >= 11 is 11.8. The van der Waals surface area contributed by atoms with Crippen molar-refractivity contribution in [2.75, 3.05) is 6.54 Å². The van der Waals surface area contributed by atoms with E-state index < -0.39 is 21.4 Å². The molecule has 0 fully saturated rings. The number of benzene rings is 2. The Hall–Kier alpha value is -1.43. The van der Waals surface area contributed by atoms with Gasteiger partial charge in [0.2, 0.25) is 5.91 Å². The Labute approximate surface area is 159 Å². The molecule has 0 aliphatic carbocycles. The molecule has 25 heavy (non-hydrogen) atoms. The van der Waals surface area contributed by atoms with E-state index in [-0.39, 0.29) is 18.9 Å². The second-order valence-corrected chi connectivity index (χ2v) is 8.81. The van der Waals surface area contributed by atoms with Crippen molar-refractivity contribution in [3.8, 4) is 0 Å². The summed E-state index contributed by atoms with van der Waals surface area (Å²) < 4.78 is 25.3. The zero-order chi connectivity index (χ0) is 18.6. The van der Waals surface area contributed by atoms with Gasteiger partial charge in [-0.3, -0.25) is 9.00 Å². The third-order valence-corrected chi connectivity index (χ3v) is 6.18. The lowest BCUT2D eigenvalue weighted by atomic mass is 10.1. The predicted molar refractivity (Wildman–Crippen MR) is 100 cm³/mol. The van der Waals surface area contributed by atoms with Gasteiger partial charge in [-0.2, -0.15) is 0 Å². The maximum atomic E-state index is 13.7. The zero-order valence-corrected chi connectivity index (χ0v) is 16.1. The molecule has 0 aromatic heterocycles. The van der Waals surface area contributed by atoms with Gasteiger partial charge in [-0.25, -0.2) is 4.39 Å². The monoisotopic (exact) mass is 401 g/mol. The highest BCUT2D eigenvalue weighted by Gasteiger charge is 2.35. The Morgan fingerprint density at radius 3 is 2.40 bits per heavy atom. The Kier molecular flexibility index (Phi) is 6.60. The van der Waals surface area contributed by atoms with Crippen LogP contribution in [0.1, 0.15) is 19.4 Å². The second kappa shape index (κ2) is 8.30. The van der Waals surface area contributed by atoms with E-state index in [1.54, 1.807) is 44.2 Å². The summed E-state index contributed by atoms with van der Waals surface area (Å²) in [6.45, 7) is 3.40. The summed E-state index contributed by atoms with van der Waals surface area (Å²) in [6, 6.07) is 11.0. The molecule has 1 N–H and O–H groups in total. The molecule has 1 amide bonds. The largest absolute Gasteiger partial charge is 0.354 e. The molecule has 0 aliphatic rings. The quantitative estimate of drug-likeness (QED) is 0.780. The summed E-state index contributed by atoms with van der Waals surface area (Å²) in [5.74, 6) is -0.793. The molecule has 0 aliphatic heterocycles. The molecule has 2 aromatic carbocycles. The molecular formula is C18H18Cl2FNO2S. The van der Waals surface area contributed by atoms with Crippen LogP contribution in [0, 0.1) is 5.82 Å². The van der Waals surface area contributed by atoms with Gasteiger partial charge in [0.1, 0.15) is 10.6 Å². The SMILES string of the molecule is CC(C)(C(=O)NCCc1c(F)cccc1Cl)S(=O)c1ccc(Cl)cc1. The number of carbonyl (C=O) groups excluding carboxylic acids is 1. The minimum absolute atomic E-state index is 0.195. The summed E-state index contributed by atoms with van der Waals surface area (Å²) in [7, 11) is -1.56. The lowest BCUT2D eigenvalue weighted by molar-refractivity contribution is -0.122. The van der Waals surface area contributed by atoms with Crippen LogP contribution in [0.5, 0.6) is 0 Å². The first-order valence-electron chi connectivity index (χ1n) is 7.62. The van der Waals surface area contributed by atoms with Gasteiger partial charge in [-0.15, -0.1) is 0 Å². The van der Waals surface area contributed by atoms with E-state index in [1.165, 1.54) is 12.1 Å². The molecule has 0 radical (unpaired) electrons. The van der Waals surface area contributed by atoms with Crippen molar-refractivity contribution < 1.29 is 13.4 Å². The van der Waals surface area contributed by atoms with E-state index in [1.807, 2.05) is 0 Å². The van der Waals surface area contributed by atoms with Gasteiger partial charge in [-0.05, 0) is 56.7 Å². The Morgan fingerprint density at radius 2 is 1.80 bits per heavy atom. The van der Waals surface area contributed by atoms with Crippen LogP contribution in [-0.4, -0.2) is 21.4 Å². The lowest BCUT2D eigenvalue weighted by Crippen LogP contribution is -2.46. The highest BCUT2D eigenvalue weighted by atomic mass is 35.5. The van der Waals surface area contributed by atoms with E-state index in [0.29, 0.717) is 20.5 Å². The molecule has 0 saturated heterocycles. The predicted octanol–water partition coefficient (Wildman–Crippen LogP) is 4.38. The molecule has 0 bridgehead atoms. The first-order chi connectivity index (χ1) is 11.7. The molecule has 7 heteroatoms. The van der Waals surface area contributed by atoms with Crippen molar-refractivity contribution in [2.24, 2.45) is 0 Å². The molecule has 1 atom stereocenters. The Morgan fingerprint density at radius 1 is 1.16 bits per heavy atom. The third kappa shape index (κ3) is 4.81. The molecule has 134 valence electrons. The fourth-order valence-electron chi connectivity index (χ4n) is 2.22. The first kappa shape index (κ1) is 19.9. The number of carbonyl (C=O) groups is 1. The van der Waals surface area contributed by atoms with E-state index in [2.05, 4.69) is 5.32 Å². The summed E-state index contributed by atoms with van der Waals surface area (Å²) in [4.78, 5) is 13.0. The zero-order valence-electron chi connectivity index (χ0n) is 13.8. The maximum Gasteiger partial charge on any atom is 0.238 e. The van der Waals surface area contributed by atoms with Crippen molar-refractivity contribution in [3.05, 3.63) is 63.9 Å². The molecule has 2 aromatic rings. The number of amides is 1. The molecule has 2 rings (SSSR count). The summed E-state index contributed by atoms with van der Waals surface area (Å²) in [5, 5.41) is 3.55. The minimum atomic E-state index is -1.56. The van der Waals surface area contributed by atoms with Crippen molar-refractivity contribution in [1.29, 1.82) is 0 Å². The Balaban J connectivity index is 2.01. The topological polar surface area (TPSA) is 46.2 Å². The summed E-state index contributed by atoms with van der Waals surface area (Å²) in [6.07, 6.45) is 0.251. The first-order valence-corrected chi connectivity index (χ1v) is 9.52. The van der Waals surface area contributed by atoms with Crippen molar-refractivity contribution in [3.63, 3.8) is 0 Å². The van der Waals surface area contributed by atoms with Crippen LogP contribution < -0.4 is 5.32 Å². The molecule has 0 spiro atoms. The normalized spacial score (nSPS) is 12.7. The molecule has 1 unspecified atom stereocenters. The van der Waals surface area contributed by atoms with Gasteiger partial charge < -0.3 is 5.32 Å². The van der Waals surface area contributed by atoms with Crippen LogP contribution in [0.2, 0.25) is 10.0 Å². The molecular weight excluding hydrogens is 384 g/mol. The van der Waals surface area contributed by atoms with Crippen LogP contribution >= 0.6 is 23.2 Å². The van der Waals surface area contributed by atoms with Crippen molar-refractivity contribution >= 4 is 39.9 Å². The fraction of sp³-hybridized carbons (Fsp3) is 0.278. The second-order valence-electron chi connectivity index (χ2n) is 5.94. The van der Waals surface area contributed by atoms with Gasteiger partial charge in [-0.1, -0.05) is 29.3 Å². The third-order valence-electron chi connectivity index (χ3n) is 3.76. The van der Waals surface area contributed by atoms with Crippen LogP contribution in [0.15, 0.2) is 47.4 Å². The van der Waals surface area contributed by atoms with Crippen LogP contribution in [0.25, 0.3) is 0 Å². The van der Waals surface area contributed by atoms with Gasteiger partial charge in [0.05, 0.1) is 10.8 Å². The van der Waals surface area contributed by atoms with Gasteiger partial charge in [0.15, 0.2) is 0 Å². The van der Waals surface area contributed by atoms with Gasteiger partial charge >= 0.3 is 0 Å². The van der Waals surface area contributed by atoms with Gasteiger partial charge in [0.25, 0.3) is 0 Å². The lowest BCUT2D eigenvalue weighted by Gasteiger charge is -2.23. The maximum absolute atomic E-state index is 13.7. The highest BCUT2D eigenvalue weighted by Crippen LogP contribution is 2.23. The van der Waals surface area contributed by atoms with E-state index in [4.69, 9.17) is 23.2 Å². The molecule has 0 heterocycles. The standard InChI is InChI=1S/C18H18Cl2FNO2S/c1-18(2,25(24)13-8-6-12(19)7-9-13)17(23)22-11-10-14-15(20)4-3-5-16(14)21/h3-9H,10-11H2,1-2H3,(H,22,23). The van der Waals surface area contributed by atoms with Crippen LogP contribution in [0.3, 0.4) is 0 Å². The number of hydrogen-bond donors (Lipinski definition) is 1. The van der Waals surface area contributed by atoms with Crippen molar-refractivity contribution in [1.82, 2.24) is 5.32 Å². The molecule has 3 nitrogen and oxygen atoms in total. The van der Waals surface area contributed by atoms with E-state index in [9.17, 15) is 13.4 Å². The minimum Gasteiger partial charge on any atom is -0.354 e. The average molecular weight is 402 g/mol. The van der Waals surface area contributed by atoms with Crippen molar-refractivity contribution in [2.45, 2.75) is 29.9 Å². The smallest absolute Gasteiger partial charge is 0.238 e. The van der Waals surface area contributed by atoms with E-state index >= 15 is 0 Å². The number of rotatable bonds is 6. The van der Waals surface area contributed by atoms with Crippen LogP contribution in [-0.2, 0) is 22.0 Å². The fourth-order valence-corrected chi connectivity index (χ4v) is 3.82. The number of nitrogens with one attached hydrogen (secondary N) is 1. The van der Waals surface area contributed by atoms with Crippen LogP contribution in [0.4, 0.5) is 4.39 Å². The molecule has 0 saturated carbocycles. The average Bonchev–Trinajstić information content (AvgIpc) is 2.57. The summed E-state index contributed by atoms with van der Waals surface area (Å²) in [5.41, 5.74) is 0.348. The Bertz CT molecular complexity index is 774. The highest BCUT2D eigenvalue weighted by molar-refractivity contribution is 7.87. The number of halogens is 3.